The van der Waals surface area contributed by atoms with Gasteiger partial charge >= 0.3 is 5.97 Å². The molecule has 30 nitrogen and oxygen atoms in total. The molecule has 0 bridgehead atoms. The molecule has 6 aromatic heterocycles. The molecule has 6 aromatic carbocycles. The molecule has 11 atom stereocenters. The molecular weight excluding hydrogens is 2820 g/mol. The van der Waals surface area contributed by atoms with E-state index in [1.54, 1.807) is 112 Å². The molecule has 11 unspecified atom stereocenters. The average Bonchev–Trinajstić information content (AvgIpc) is 1.39. The Morgan fingerprint density at radius 2 is 0.650 bits per heavy atom. The van der Waals surface area contributed by atoms with E-state index in [1.165, 1.54) is 33.7 Å². The number of rotatable bonds is 22. The molecule has 0 aliphatic carbocycles. The second kappa shape index (κ2) is 81.6. The van der Waals surface area contributed by atoms with Crippen LogP contribution in [0.1, 0.15) is 158 Å². The van der Waals surface area contributed by atoms with E-state index < -0.39 is 30.6 Å². The van der Waals surface area contributed by atoms with Gasteiger partial charge in [0.1, 0.15) is 5.69 Å². The van der Waals surface area contributed by atoms with Crippen molar-refractivity contribution < 1.29 is 205 Å². The summed E-state index contributed by atoms with van der Waals surface area (Å²) >= 11 is 0. The maximum Gasteiger partial charge on any atom is 0.349 e. The summed E-state index contributed by atoms with van der Waals surface area (Å²) in [5.74, 6) is -0.752. The van der Waals surface area contributed by atoms with Crippen molar-refractivity contribution in [1.29, 1.82) is 0 Å². The van der Waals surface area contributed by atoms with Crippen LogP contribution in [0.25, 0.3) is 72.9 Å². The number of aromatic nitrogens is 12. The van der Waals surface area contributed by atoms with Gasteiger partial charge in [0.05, 0.1) is 80.1 Å². The maximum absolute atomic E-state index is 11.5. The van der Waals surface area contributed by atoms with Gasteiger partial charge in [-0.25, -0.2) is 9.78 Å². The van der Waals surface area contributed by atoms with Crippen molar-refractivity contribution in [2.45, 2.75) is 223 Å². The number of carboxylic acid groups (broad SMARTS) is 1. The monoisotopic (exact) mass is 2950 g/mol. The number of ether oxygens (including phenoxy) is 4. The van der Waals surface area contributed by atoms with Crippen molar-refractivity contribution in [3.63, 3.8) is 0 Å². The smallest absolute Gasteiger partial charge is 0.349 e. The predicted molar refractivity (Wildman–Crippen MR) is 505 cm³/mol. The first-order chi connectivity index (χ1) is 62.5. The number of esters is 1. The van der Waals surface area contributed by atoms with Crippen LogP contribution >= 0.6 is 0 Å². The number of carbonyl (C=O) groups is 2. The topological polar surface area (TPSA) is 462 Å². The van der Waals surface area contributed by atoms with Crippen LogP contribution < -0.4 is 4.74 Å². The third kappa shape index (κ3) is 62.0. The van der Waals surface area contributed by atoms with Gasteiger partial charge in [0.2, 0.25) is 0 Å². The van der Waals surface area contributed by atoms with E-state index in [9.17, 15) is 9.59 Å². The van der Waals surface area contributed by atoms with E-state index in [2.05, 4.69) is 123 Å². The maximum atomic E-state index is 11.5. The van der Waals surface area contributed by atoms with Crippen molar-refractivity contribution in [3.05, 3.63) is 289 Å². The van der Waals surface area contributed by atoms with Crippen molar-refractivity contribution in [2.24, 2.45) is 0 Å². The molecule has 0 saturated carbocycles. The number of hydrogen-bond acceptors (Lipinski definition) is 28. The summed E-state index contributed by atoms with van der Waals surface area (Å²) in [7, 11) is 5.60. The minimum Gasteiger partial charge on any atom is -0.650 e. The Morgan fingerprint density at radius 3 is 0.891 bits per heavy atom. The first kappa shape index (κ1) is 137. The van der Waals surface area contributed by atoms with Crippen molar-refractivity contribution in [2.75, 3.05) is 35.0 Å². The summed E-state index contributed by atoms with van der Waals surface area (Å²) in [6, 6.07) is 64.4. The van der Waals surface area contributed by atoms with Gasteiger partial charge in [0, 0.05) is 254 Å². The molecule has 1 aliphatic rings. The van der Waals surface area contributed by atoms with E-state index in [-0.39, 0.29) is 182 Å². The largest absolute Gasteiger partial charge is 0.650 e. The molecule has 6 radical (unpaired) electrons. The van der Waals surface area contributed by atoms with Crippen LogP contribution in [0.15, 0.2) is 201 Å². The van der Waals surface area contributed by atoms with Gasteiger partial charge in [0.25, 0.3) is 5.97 Å². The number of aliphatic hydroxyl groups excluding tert-OH is 10. The van der Waals surface area contributed by atoms with Crippen molar-refractivity contribution >= 4 is 11.9 Å². The summed E-state index contributed by atoms with van der Waals surface area (Å²) in [4.78, 5) is 72.7. The molecule has 12 aromatic rings. The van der Waals surface area contributed by atoms with Crippen molar-refractivity contribution in [1.82, 2.24) is 59.8 Å². The number of aliphatic hydroxyl groups is 10. The standard InChI is InChI=1S/C12H9N2O2.4C12H11N2.C11H9N2O.C5H8NO2.C5H12O4.4C5H12O2.6Ir/c1-16-12(15)11-10(13-7-8-14-11)9-5-3-2-4-6-9;3*1-9-8-13-12(10(2)14-9)11-6-4-3-5-7-11;1-2-11-12(14-9-8-13-11)10-6-4-3-5-7-10;1-14-11-10(12-7-8-13-11)9-5-3-2-4-6-9;7-5(8)4-2-1-3-6-4;1-8-4(6)3-5(7)9-2;4*1-4(6)3-5(2)7;;;;;;/h2-5,7-8H,1H3;3*3-6,8H,1-2H3;3-6,8-9H,2H2,1H3;2-5,7-8H,1H3;4H,1-3H2,(H,7,8);4-7H,3H2,1-2H3;4*4-7H,3H2,1-2H3;;;;;;/q7*-1;;;;;;;;;;;. The van der Waals surface area contributed by atoms with Crippen LogP contribution in [0.2, 0.25) is 0 Å². The molecule has 137 heavy (non-hydrogen) atoms. The average molecular weight is 2950 g/mol. The van der Waals surface area contributed by atoms with Gasteiger partial charge in [-0.1, -0.05) is 19.8 Å². The molecule has 1 fully saturated rings. The van der Waals surface area contributed by atoms with Crippen molar-refractivity contribution in [3.8, 4) is 73.4 Å². The quantitative estimate of drug-likeness (QED) is 0.0170. The zero-order chi connectivity index (χ0) is 97.6. The summed E-state index contributed by atoms with van der Waals surface area (Å²) in [5.41, 5.74) is 17.4. The summed E-state index contributed by atoms with van der Waals surface area (Å²) in [6.45, 7) is 27.8. The fourth-order valence-corrected chi connectivity index (χ4v) is 11.3. The number of aliphatic carboxylic acids is 1. The predicted octanol–water partition coefficient (Wildman–Crippen LogP) is 14.3. The molecule has 1 saturated heterocycles. The van der Waals surface area contributed by atoms with E-state index in [4.69, 9.17) is 60.9 Å². The number of aryl methyl sites for hydroxylation is 7. The molecule has 1 aliphatic heterocycles. The number of carbonyl (C=O) groups excluding carboxylic acids is 1. The molecule has 0 amide bonds. The first-order valence-electron chi connectivity index (χ1n) is 42.5. The molecule has 762 valence electrons. The molecule has 36 heteroatoms. The molecule has 0 spiro atoms. The van der Waals surface area contributed by atoms with E-state index in [0.717, 1.165) is 128 Å². The van der Waals surface area contributed by atoms with Gasteiger partial charge in [-0.3, -0.25) is 34.7 Å². The van der Waals surface area contributed by atoms with Crippen LogP contribution in [0.3, 0.4) is 0 Å². The first-order valence-corrected chi connectivity index (χ1v) is 42.5. The van der Waals surface area contributed by atoms with E-state index in [1.807, 2.05) is 181 Å². The number of nitrogens with zero attached hydrogens (tertiary/aromatic N) is 13. The Morgan fingerprint density at radius 1 is 0.372 bits per heavy atom. The molecule has 11 N–H and O–H groups in total. The Kier molecular flexibility index (Phi) is 81.8. The zero-order valence-corrected chi connectivity index (χ0v) is 94.8. The number of hydrogen-bond donors (Lipinski definition) is 11. The normalized spacial score (nSPS) is 12.9. The summed E-state index contributed by atoms with van der Waals surface area (Å²) < 4.78 is 18.6. The Bertz CT molecular complexity index is 4640. The Hall–Kier alpha value is -8.08. The minimum atomic E-state index is -0.944. The van der Waals surface area contributed by atoms with E-state index >= 15 is 0 Å². The minimum absolute atomic E-state index is 0. The number of carboxylic acids is 1. The molecule has 13 rings (SSSR count). The molecular formula is C101H130Ir6N13O17-7. The second-order valence-corrected chi connectivity index (χ2v) is 29.6. The van der Waals surface area contributed by atoms with Crippen LogP contribution in [-0.2, 0) is 146 Å². The fourth-order valence-electron chi connectivity index (χ4n) is 11.3. The van der Waals surface area contributed by atoms with Crippen LogP contribution in [0, 0.1) is 77.9 Å². The van der Waals surface area contributed by atoms with Gasteiger partial charge < -0.3 is 105 Å². The number of benzene rings is 6. The van der Waals surface area contributed by atoms with E-state index in [0.29, 0.717) is 37.3 Å². The van der Waals surface area contributed by atoms with Gasteiger partial charge in [-0.2, -0.15) is 0 Å². The second-order valence-electron chi connectivity index (χ2n) is 29.6. The van der Waals surface area contributed by atoms with Gasteiger partial charge in [-0.15, -0.1) is 222 Å². The fraction of sp³-hybridized carbons (Fsp3) is 0.386. The third-order valence-electron chi connectivity index (χ3n) is 17.0. The SMILES string of the molecule is CC(O)CC(C)O.CC(O)CC(C)O.CC(O)CC(C)O.CC(O)CC(C)O.CCc1nccnc1-c1[c-]cccc1.COC(=O)c1nccnc1-c1[c-]cccc1.COC(O)CC(O)OC.COc1nccnc1-c1[c-]cccc1.Cc1cnc(-c2[c-]cccc2)c(C)n1.Cc1cnc(-c2[c-]cccc2)c(C)n1.Cc1cnc(-c2[c-]cccc2)c(C)n1.O=C(O)C1CCC[N-]1.[Ir].[Ir].[Ir].[Ir].[Ir].[Ir]. The third-order valence-corrected chi connectivity index (χ3v) is 17.0. The van der Waals surface area contributed by atoms with Gasteiger partial charge in [-0.05, 0) is 135 Å². The number of methoxy groups -OCH3 is 4. The van der Waals surface area contributed by atoms with Crippen LogP contribution in [0.4, 0.5) is 0 Å². The molecule has 7 heterocycles. The summed E-state index contributed by atoms with van der Waals surface area (Å²) in [6.07, 6.45) is 14.7. The summed E-state index contributed by atoms with van der Waals surface area (Å²) in [5, 5.41) is 98.1. The van der Waals surface area contributed by atoms with Crippen LogP contribution in [-0.4, -0.2) is 230 Å². The Balaban J connectivity index is -0.000000466. The van der Waals surface area contributed by atoms with Crippen LogP contribution in [0.5, 0.6) is 5.88 Å². The van der Waals surface area contributed by atoms with Gasteiger partial charge in [0.15, 0.2) is 18.5 Å². The zero-order valence-electron chi connectivity index (χ0n) is 80.4. The Labute approximate surface area is 889 Å².